The average molecular weight is 331 g/mol. The molecule has 2 amide bonds. The Labute approximate surface area is 140 Å². The number of rotatable bonds is 5. The van der Waals surface area contributed by atoms with Crippen LogP contribution in [0.1, 0.15) is 28.3 Å². The molecule has 2 aromatic rings. The highest BCUT2D eigenvalue weighted by atomic mass is 32.1. The molecular weight excluding hydrogens is 310 g/mol. The number of thiazole rings is 1. The van der Waals surface area contributed by atoms with Gasteiger partial charge < -0.3 is 15.4 Å². The van der Waals surface area contributed by atoms with Gasteiger partial charge in [-0.05, 0) is 18.6 Å². The molecule has 3 rings (SSSR count). The summed E-state index contributed by atoms with van der Waals surface area (Å²) in [7, 11) is 0. The minimum atomic E-state index is -0.162. The number of para-hydroxylation sites is 1. The van der Waals surface area contributed by atoms with Crippen LogP contribution in [0.15, 0.2) is 30.5 Å². The van der Waals surface area contributed by atoms with Crippen LogP contribution in [0, 0.1) is 6.92 Å². The SMILES string of the molecule is Cc1cnc([C@@H](C)CNC(=O)NC[C@H]2Cc3ccccc3O2)s1. The number of nitrogens with zero attached hydrogens (tertiary/aromatic N) is 1. The third kappa shape index (κ3) is 4.01. The fourth-order valence-electron chi connectivity index (χ4n) is 2.57. The molecule has 0 unspecified atom stereocenters. The molecule has 2 atom stereocenters. The van der Waals surface area contributed by atoms with E-state index < -0.39 is 0 Å². The summed E-state index contributed by atoms with van der Waals surface area (Å²) in [5.74, 6) is 1.14. The van der Waals surface area contributed by atoms with Crippen LogP contribution in [0.5, 0.6) is 5.75 Å². The Morgan fingerprint density at radius 3 is 3.00 bits per heavy atom. The molecule has 0 saturated carbocycles. The van der Waals surface area contributed by atoms with Crippen LogP contribution in [0.4, 0.5) is 4.79 Å². The van der Waals surface area contributed by atoms with Crippen LogP contribution < -0.4 is 15.4 Å². The van der Waals surface area contributed by atoms with Crippen molar-refractivity contribution in [2.75, 3.05) is 13.1 Å². The molecule has 1 aliphatic rings. The van der Waals surface area contributed by atoms with Gasteiger partial charge in [0.25, 0.3) is 0 Å². The van der Waals surface area contributed by atoms with Gasteiger partial charge in [-0.2, -0.15) is 0 Å². The van der Waals surface area contributed by atoms with E-state index in [9.17, 15) is 4.79 Å². The van der Waals surface area contributed by atoms with Crippen molar-refractivity contribution in [2.45, 2.75) is 32.3 Å². The predicted molar refractivity (Wildman–Crippen MR) is 91.2 cm³/mol. The Balaban J connectivity index is 1.39. The van der Waals surface area contributed by atoms with E-state index in [0.29, 0.717) is 13.1 Å². The molecule has 1 aromatic carbocycles. The zero-order valence-corrected chi connectivity index (χ0v) is 14.2. The number of nitrogens with one attached hydrogen (secondary N) is 2. The van der Waals surface area contributed by atoms with Gasteiger partial charge in [0, 0.05) is 30.0 Å². The lowest BCUT2D eigenvalue weighted by Crippen LogP contribution is -2.42. The molecule has 23 heavy (non-hydrogen) atoms. The first-order valence-electron chi connectivity index (χ1n) is 7.80. The molecule has 5 nitrogen and oxygen atoms in total. The largest absolute Gasteiger partial charge is 0.488 e. The lowest BCUT2D eigenvalue weighted by Gasteiger charge is -2.14. The summed E-state index contributed by atoms with van der Waals surface area (Å²) in [6.45, 7) is 5.18. The minimum Gasteiger partial charge on any atom is -0.488 e. The van der Waals surface area contributed by atoms with Gasteiger partial charge in [0.1, 0.15) is 11.9 Å². The maximum absolute atomic E-state index is 11.9. The summed E-state index contributed by atoms with van der Waals surface area (Å²) in [5, 5.41) is 6.83. The van der Waals surface area contributed by atoms with Crippen LogP contribution in [0.3, 0.4) is 0 Å². The molecule has 6 heteroatoms. The molecule has 1 aliphatic heterocycles. The van der Waals surface area contributed by atoms with E-state index in [1.54, 1.807) is 11.3 Å². The predicted octanol–water partition coefficient (Wildman–Crippen LogP) is 2.86. The highest BCUT2D eigenvalue weighted by molar-refractivity contribution is 7.11. The van der Waals surface area contributed by atoms with Gasteiger partial charge in [-0.15, -0.1) is 11.3 Å². The Bertz CT molecular complexity index is 661. The topological polar surface area (TPSA) is 63.2 Å². The molecule has 2 N–H and O–H groups in total. The summed E-state index contributed by atoms with van der Waals surface area (Å²) >= 11 is 1.67. The van der Waals surface area contributed by atoms with Gasteiger partial charge in [-0.3, -0.25) is 0 Å². The van der Waals surface area contributed by atoms with Crippen molar-refractivity contribution in [3.63, 3.8) is 0 Å². The number of amides is 2. The lowest BCUT2D eigenvalue weighted by atomic mass is 10.1. The minimum absolute atomic E-state index is 0.0113. The number of fused-ring (bicyclic) bond motifs is 1. The molecular formula is C17H21N3O2S. The number of ether oxygens (including phenoxy) is 1. The van der Waals surface area contributed by atoms with Gasteiger partial charge in [-0.1, -0.05) is 25.1 Å². The Hall–Kier alpha value is -2.08. The smallest absolute Gasteiger partial charge is 0.314 e. The standard InChI is InChI=1S/C17H21N3O2S/c1-11(16-18-9-12(2)23-16)8-19-17(21)20-10-14-7-13-5-3-4-6-15(13)22-14/h3-6,9,11,14H,7-8,10H2,1-2H3,(H2,19,20,21)/t11-,14+/m0/s1. The second-order valence-corrected chi connectivity index (χ2v) is 7.12. The van der Waals surface area contributed by atoms with Crippen molar-refractivity contribution in [3.05, 3.63) is 45.9 Å². The Morgan fingerprint density at radius 1 is 1.43 bits per heavy atom. The normalized spacial score (nSPS) is 17.2. The third-order valence-electron chi connectivity index (χ3n) is 3.83. The number of carbonyl (C=O) groups excluding carboxylic acids is 1. The Kier molecular flexibility index (Phi) is 4.81. The first kappa shape index (κ1) is 15.8. The highest BCUT2D eigenvalue weighted by Gasteiger charge is 2.22. The summed E-state index contributed by atoms with van der Waals surface area (Å²) < 4.78 is 5.80. The van der Waals surface area contributed by atoms with E-state index >= 15 is 0 Å². The molecule has 1 aromatic heterocycles. The monoisotopic (exact) mass is 331 g/mol. The quantitative estimate of drug-likeness (QED) is 0.885. The number of aromatic nitrogens is 1. The van der Waals surface area contributed by atoms with Crippen molar-refractivity contribution in [2.24, 2.45) is 0 Å². The fourth-order valence-corrected chi connectivity index (χ4v) is 3.40. The van der Waals surface area contributed by atoms with Crippen LogP contribution in [0.2, 0.25) is 0 Å². The molecule has 0 fully saturated rings. The first-order chi connectivity index (χ1) is 11.1. The van der Waals surface area contributed by atoms with E-state index in [0.717, 1.165) is 17.2 Å². The molecule has 122 valence electrons. The number of aryl methyl sites for hydroxylation is 1. The molecule has 0 spiro atoms. The number of hydrogen-bond donors (Lipinski definition) is 2. The van der Waals surface area contributed by atoms with E-state index in [-0.39, 0.29) is 18.1 Å². The molecule has 0 bridgehead atoms. The lowest BCUT2D eigenvalue weighted by molar-refractivity contribution is 0.213. The van der Waals surface area contributed by atoms with Gasteiger partial charge >= 0.3 is 6.03 Å². The van der Waals surface area contributed by atoms with Crippen molar-refractivity contribution in [3.8, 4) is 5.75 Å². The second-order valence-electron chi connectivity index (χ2n) is 5.85. The summed E-state index contributed by atoms with van der Waals surface area (Å²) in [5.41, 5.74) is 1.20. The van der Waals surface area contributed by atoms with Gasteiger partial charge in [0.2, 0.25) is 0 Å². The number of benzene rings is 1. The van der Waals surface area contributed by atoms with E-state index in [4.69, 9.17) is 4.74 Å². The van der Waals surface area contributed by atoms with Crippen molar-refractivity contribution in [1.29, 1.82) is 0 Å². The van der Waals surface area contributed by atoms with Crippen molar-refractivity contribution >= 4 is 17.4 Å². The summed E-state index contributed by atoms with van der Waals surface area (Å²) in [6, 6.07) is 7.83. The fraction of sp³-hybridized carbons (Fsp3) is 0.412. The van der Waals surface area contributed by atoms with Crippen molar-refractivity contribution < 1.29 is 9.53 Å². The van der Waals surface area contributed by atoms with Gasteiger partial charge in [0.05, 0.1) is 11.6 Å². The molecule has 0 radical (unpaired) electrons. The highest BCUT2D eigenvalue weighted by Crippen LogP contribution is 2.27. The average Bonchev–Trinajstić information content (AvgIpc) is 3.16. The zero-order valence-electron chi connectivity index (χ0n) is 13.3. The second kappa shape index (κ2) is 7.00. The summed E-state index contributed by atoms with van der Waals surface area (Å²) in [4.78, 5) is 17.5. The maximum Gasteiger partial charge on any atom is 0.314 e. The number of carbonyl (C=O) groups is 1. The van der Waals surface area contributed by atoms with Crippen LogP contribution in [-0.4, -0.2) is 30.2 Å². The molecule has 0 aliphatic carbocycles. The summed E-state index contributed by atoms with van der Waals surface area (Å²) in [6.07, 6.45) is 2.72. The first-order valence-corrected chi connectivity index (χ1v) is 8.62. The van der Waals surface area contributed by atoms with E-state index in [2.05, 4.69) is 28.6 Å². The van der Waals surface area contributed by atoms with Crippen LogP contribution >= 0.6 is 11.3 Å². The molecule has 0 saturated heterocycles. The third-order valence-corrected chi connectivity index (χ3v) is 4.98. The zero-order chi connectivity index (χ0) is 16.2. The van der Waals surface area contributed by atoms with Crippen molar-refractivity contribution in [1.82, 2.24) is 15.6 Å². The maximum atomic E-state index is 11.9. The van der Waals surface area contributed by atoms with E-state index in [1.807, 2.05) is 31.3 Å². The van der Waals surface area contributed by atoms with Gasteiger partial charge in [-0.25, -0.2) is 9.78 Å². The van der Waals surface area contributed by atoms with E-state index in [1.165, 1.54) is 10.4 Å². The molecule has 2 heterocycles. The van der Waals surface area contributed by atoms with Crippen LogP contribution in [0.25, 0.3) is 0 Å². The van der Waals surface area contributed by atoms with Crippen LogP contribution in [-0.2, 0) is 6.42 Å². The number of hydrogen-bond acceptors (Lipinski definition) is 4. The number of urea groups is 1. The van der Waals surface area contributed by atoms with Gasteiger partial charge in [0.15, 0.2) is 0 Å². The Morgan fingerprint density at radius 2 is 2.26 bits per heavy atom.